The van der Waals surface area contributed by atoms with Gasteiger partial charge in [0, 0.05) is 12.6 Å². The maximum absolute atomic E-state index is 12.0. The van der Waals surface area contributed by atoms with E-state index in [9.17, 15) is 13.2 Å². The summed E-state index contributed by atoms with van der Waals surface area (Å²) in [5.41, 5.74) is 0. The van der Waals surface area contributed by atoms with Gasteiger partial charge in [0.25, 0.3) is 0 Å². The number of guanidine groups is 1. The summed E-state index contributed by atoms with van der Waals surface area (Å²) in [6.45, 7) is 2.34. The van der Waals surface area contributed by atoms with Crippen LogP contribution in [-0.2, 0) is 0 Å². The molecule has 0 spiro atoms. The fourth-order valence-corrected chi connectivity index (χ4v) is 1.88. The Hall–Kier alpha value is -0.210. The van der Waals surface area contributed by atoms with E-state index >= 15 is 0 Å². The number of alkyl halides is 3. The van der Waals surface area contributed by atoms with E-state index in [1.54, 1.807) is 0 Å². The van der Waals surface area contributed by atoms with Gasteiger partial charge in [-0.3, -0.25) is 4.99 Å². The largest absolute Gasteiger partial charge is 0.390 e. The summed E-state index contributed by atoms with van der Waals surface area (Å²) in [7, 11) is 0. The van der Waals surface area contributed by atoms with Crippen LogP contribution in [0, 0.1) is 0 Å². The lowest BCUT2D eigenvalue weighted by atomic mass is 10.2. The van der Waals surface area contributed by atoms with Gasteiger partial charge in [-0.25, -0.2) is 0 Å². The van der Waals surface area contributed by atoms with Crippen LogP contribution in [-0.4, -0.2) is 31.3 Å². The Bertz CT molecular complexity index is 250. The van der Waals surface area contributed by atoms with E-state index in [1.807, 2.05) is 6.92 Å². The molecule has 1 fully saturated rings. The molecule has 0 aliphatic heterocycles. The monoisotopic (exact) mass is 379 g/mol. The summed E-state index contributed by atoms with van der Waals surface area (Å²) in [5, 5.41) is 6.14. The minimum Gasteiger partial charge on any atom is -0.357 e. The van der Waals surface area contributed by atoms with Crippen LogP contribution in [0.15, 0.2) is 4.99 Å². The molecule has 2 N–H and O–H groups in total. The van der Waals surface area contributed by atoms with Crippen molar-refractivity contribution in [3.05, 3.63) is 0 Å². The fraction of sp³-hybridized carbons (Fsp3) is 0.909. The molecule has 0 atom stereocenters. The molecule has 0 radical (unpaired) electrons. The van der Waals surface area contributed by atoms with E-state index in [1.165, 1.54) is 12.8 Å². The third kappa shape index (κ3) is 7.99. The molecular formula is C11H21F3IN3. The fourth-order valence-electron chi connectivity index (χ4n) is 1.88. The van der Waals surface area contributed by atoms with Gasteiger partial charge in [0.1, 0.15) is 0 Å². The van der Waals surface area contributed by atoms with Gasteiger partial charge in [-0.05, 0) is 19.8 Å². The molecule has 1 aliphatic rings. The number of hydrogen-bond donors (Lipinski definition) is 2. The van der Waals surface area contributed by atoms with Gasteiger partial charge in [0.15, 0.2) is 5.96 Å². The summed E-state index contributed by atoms with van der Waals surface area (Å²) < 4.78 is 36.0. The Morgan fingerprint density at radius 3 is 2.39 bits per heavy atom. The van der Waals surface area contributed by atoms with Gasteiger partial charge in [0.2, 0.25) is 0 Å². The molecule has 1 saturated carbocycles. The summed E-state index contributed by atoms with van der Waals surface area (Å²) in [6.07, 6.45) is -0.491. The van der Waals surface area contributed by atoms with E-state index in [2.05, 4.69) is 15.6 Å². The molecule has 7 heteroatoms. The average Bonchev–Trinajstić information content (AvgIpc) is 2.68. The van der Waals surface area contributed by atoms with Gasteiger partial charge in [-0.15, -0.1) is 24.0 Å². The number of rotatable bonds is 4. The molecule has 0 saturated heterocycles. The Labute approximate surface area is 123 Å². The van der Waals surface area contributed by atoms with E-state index < -0.39 is 12.6 Å². The molecule has 1 rings (SSSR count). The van der Waals surface area contributed by atoms with Gasteiger partial charge >= 0.3 is 6.18 Å². The van der Waals surface area contributed by atoms with E-state index in [-0.39, 0.29) is 30.5 Å². The minimum atomic E-state index is -4.13. The zero-order chi connectivity index (χ0) is 12.7. The van der Waals surface area contributed by atoms with Crippen molar-refractivity contribution in [1.82, 2.24) is 10.6 Å². The standard InChI is InChI=1S/C11H20F3N3.HI/c1-2-15-10(16-8-7-11(12,13)14)17-9-5-3-4-6-9;/h9H,2-8H2,1H3,(H2,15,16,17);1H. The predicted molar refractivity (Wildman–Crippen MR) is 77.5 cm³/mol. The molecule has 0 aromatic rings. The van der Waals surface area contributed by atoms with Crippen molar-refractivity contribution in [2.45, 2.75) is 51.2 Å². The summed E-state index contributed by atoms with van der Waals surface area (Å²) in [6, 6.07) is 0.360. The summed E-state index contributed by atoms with van der Waals surface area (Å²) >= 11 is 0. The number of hydrogen-bond acceptors (Lipinski definition) is 1. The molecule has 0 amide bonds. The zero-order valence-corrected chi connectivity index (χ0v) is 12.8. The van der Waals surface area contributed by atoms with Crippen molar-refractivity contribution in [3.63, 3.8) is 0 Å². The Morgan fingerprint density at radius 1 is 1.28 bits per heavy atom. The Kier molecular flexibility index (Phi) is 8.71. The molecule has 0 bridgehead atoms. The van der Waals surface area contributed by atoms with Crippen LogP contribution in [0.2, 0.25) is 0 Å². The van der Waals surface area contributed by atoms with Crippen molar-refractivity contribution < 1.29 is 13.2 Å². The molecule has 0 heterocycles. The van der Waals surface area contributed by atoms with Crippen LogP contribution in [0.3, 0.4) is 0 Å². The van der Waals surface area contributed by atoms with E-state index in [4.69, 9.17) is 0 Å². The van der Waals surface area contributed by atoms with E-state index in [0.29, 0.717) is 18.5 Å². The summed E-state index contributed by atoms with van der Waals surface area (Å²) in [4.78, 5) is 3.94. The number of nitrogens with zero attached hydrogens (tertiary/aromatic N) is 1. The second-order valence-electron chi connectivity index (χ2n) is 4.25. The highest BCUT2D eigenvalue weighted by atomic mass is 127. The number of nitrogens with one attached hydrogen (secondary N) is 2. The topological polar surface area (TPSA) is 36.4 Å². The third-order valence-electron chi connectivity index (χ3n) is 2.71. The van der Waals surface area contributed by atoms with Crippen molar-refractivity contribution in [2.75, 3.05) is 13.1 Å². The van der Waals surface area contributed by atoms with Gasteiger partial charge in [-0.1, -0.05) is 12.8 Å². The third-order valence-corrected chi connectivity index (χ3v) is 2.71. The highest BCUT2D eigenvalue weighted by Gasteiger charge is 2.26. The van der Waals surface area contributed by atoms with Crippen LogP contribution in [0.4, 0.5) is 13.2 Å². The first kappa shape index (κ1) is 17.8. The first-order valence-electron chi connectivity index (χ1n) is 6.13. The van der Waals surface area contributed by atoms with Crippen LogP contribution >= 0.6 is 24.0 Å². The average molecular weight is 379 g/mol. The van der Waals surface area contributed by atoms with Gasteiger partial charge < -0.3 is 10.6 Å². The molecule has 1 aliphatic carbocycles. The lowest BCUT2D eigenvalue weighted by molar-refractivity contribution is -0.132. The maximum Gasteiger partial charge on any atom is 0.390 e. The Balaban J connectivity index is 0.00000289. The molecule has 108 valence electrons. The molecule has 0 aromatic heterocycles. The minimum absolute atomic E-state index is 0. The van der Waals surface area contributed by atoms with Gasteiger partial charge in [0.05, 0.1) is 13.0 Å². The molecule has 0 aromatic carbocycles. The first-order chi connectivity index (χ1) is 8.01. The second-order valence-corrected chi connectivity index (χ2v) is 4.25. The second kappa shape index (κ2) is 8.82. The zero-order valence-electron chi connectivity index (χ0n) is 10.5. The highest BCUT2D eigenvalue weighted by molar-refractivity contribution is 14.0. The lowest BCUT2D eigenvalue weighted by Gasteiger charge is -2.16. The lowest BCUT2D eigenvalue weighted by Crippen LogP contribution is -2.42. The molecule has 3 nitrogen and oxygen atoms in total. The maximum atomic E-state index is 12.0. The molecule has 18 heavy (non-hydrogen) atoms. The van der Waals surface area contributed by atoms with Crippen LogP contribution < -0.4 is 10.6 Å². The van der Waals surface area contributed by atoms with Crippen LogP contribution in [0.1, 0.15) is 39.0 Å². The first-order valence-corrected chi connectivity index (χ1v) is 6.13. The van der Waals surface area contributed by atoms with Crippen molar-refractivity contribution in [3.8, 4) is 0 Å². The molecule has 0 unspecified atom stereocenters. The SMILES string of the molecule is CCNC(=NCCC(F)(F)F)NC1CCCC1.I. The normalized spacial score (nSPS) is 17.4. The van der Waals surface area contributed by atoms with Crippen molar-refractivity contribution in [1.29, 1.82) is 0 Å². The predicted octanol–water partition coefficient (Wildman–Crippen LogP) is 3.05. The number of halogens is 4. The molecular weight excluding hydrogens is 358 g/mol. The van der Waals surface area contributed by atoms with E-state index in [0.717, 1.165) is 12.8 Å². The quantitative estimate of drug-likeness (QED) is 0.448. The summed E-state index contributed by atoms with van der Waals surface area (Å²) in [5.74, 6) is 0.503. The Morgan fingerprint density at radius 2 is 1.89 bits per heavy atom. The van der Waals surface area contributed by atoms with Crippen molar-refractivity contribution >= 4 is 29.9 Å². The van der Waals surface area contributed by atoms with Crippen LogP contribution in [0.25, 0.3) is 0 Å². The highest BCUT2D eigenvalue weighted by Crippen LogP contribution is 2.19. The van der Waals surface area contributed by atoms with Crippen molar-refractivity contribution in [2.24, 2.45) is 4.99 Å². The van der Waals surface area contributed by atoms with Crippen LogP contribution in [0.5, 0.6) is 0 Å². The smallest absolute Gasteiger partial charge is 0.357 e. The number of aliphatic imine (C=N–C) groups is 1. The van der Waals surface area contributed by atoms with Gasteiger partial charge in [-0.2, -0.15) is 13.2 Å².